The predicted octanol–water partition coefficient (Wildman–Crippen LogP) is 5.75. The summed E-state index contributed by atoms with van der Waals surface area (Å²) < 4.78 is 2.18. The van der Waals surface area contributed by atoms with Crippen LogP contribution in [0.1, 0.15) is 18.2 Å². The molecule has 0 spiro atoms. The molecule has 0 N–H and O–H groups in total. The van der Waals surface area contributed by atoms with Crippen molar-refractivity contribution < 1.29 is 0 Å². The summed E-state index contributed by atoms with van der Waals surface area (Å²) in [6.07, 6.45) is 0. The van der Waals surface area contributed by atoms with Crippen molar-refractivity contribution in [2.75, 3.05) is 0 Å². The molecule has 4 nitrogen and oxygen atoms in total. The Morgan fingerprint density at radius 1 is 1.12 bits per heavy atom. The molecular weight excluding hydrogens is 380 g/mol. The average Bonchev–Trinajstić information content (AvgIpc) is 3.39. The van der Waals surface area contributed by atoms with E-state index >= 15 is 0 Å². The summed E-state index contributed by atoms with van der Waals surface area (Å²) in [6, 6.07) is 10.4. The molecular formula is C19H18N4S3. The van der Waals surface area contributed by atoms with E-state index in [0.29, 0.717) is 0 Å². The molecule has 3 aromatic heterocycles. The topological polar surface area (TPSA) is 43.6 Å². The van der Waals surface area contributed by atoms with Gasteiger partial charge in [-0.3, -0.25) is 0 Å². The standard InChI is InChI=1S/C19H18N4S3/c1-3-23-17(16-7-5-4-6-13(16)2)21-22-19(23)26-12-15-11-25-18(20-15)14-8-9-24-10-14/h4-11H,3,12H2,1-2H3. The zero-order valence-corrected chi connectivity index (χ0v) is 17.0. The summed E-state index contributed by atoms with van der Waals surface area (Å²) in [7, 11) is 0. The van der Waals surface area contributed by atoms with E-state index in [-0.39, 0.29) is 0 Å². The zero-order valence-electron chi connectivity index (χ0n) is 14.5. The summed E-state index contributed by atoms with van der Waals surface area (Å²) in [4.78, 5) is 4.75. The molecule has 0 amide bonds. The van der Waals surface area contributed by atoms with Crippen LogP contribution in [-0.2, 0) is 12.3 Å². The van der Waals surface area contributed by atoms with Crippen molar-refractivity contribution >= 4 is 34.4 Å². The van der Waals surface area contributed by atoms with Gasteiger partial charge in [0.15, 0.2) is 11.0 Å². The first-order valence-electron chi connectivity index (χ1n) is 8.35. The van der Waals surface area contributed by atoms with Gasteiger partial charge in [-0.2, -0.15) is 11.3 Å². The molecule has 0 saturated heterocycles. The Kier molecular flexibility index (Phi) is 5.19. The number of aryl methyl sites for hydroxylation is 1. The highest BCUT2D eigenvalue weighted by Crippen LogP contribution is 2.30. The molecule has 0 aliphatic rings. The lowest BCUT2D eigenvalue weighted by molar-refractivity contribution is 0.687. The van der Waals surface area contributed by atoms with Crippen LogP contribution in [0.15, 0.2) is 51.6 Å². The summed E-state index contributed by atoms with van der Waals surface area (Å²) in [5.74, 6) is 1.73. The molecule has 132 valence electrons. The number of nitrogens with zero attached hydrogens (tertiary/aromatic N) is 4. The molecule has 26 heavy (non-hydrogen) atoms. The van der Waals surface area contributed by atoms with Crippen LogP contribution in [0.5, 0.6) is 0 Å². The lowest BCUT2D eigenvalue weighted by Crippen LogP contribution is -2.00. The Bertz CT molecular complexity index is 1000. The van der Waals surface area contributed by atoms with Crippen LogP contribution in [0, 0.1) is 6.92 Å². The van der Waals surface area contributed by atoms with Gasteiger partial charge in [-0.05, 0) is 30.9 Å². The summed E-state index contributed by atoms with van der Waals surface area (Å²) in [5, 5.41) is 17.3. The Labute approximate surface area is 165 Å². The summed E-state index contributed by atoms with van der Waals surface area (Å²) >= 11 is 5.09. The van der Waals surface area contributed by atoms with E-state index in [2.05, 4.69) is 69.0 Å². The minimum atomic E-state index is 0.798. The van der Waals surface area contributed by atoms with Crippen LogP contribution in [0.4, 0.5) is 0 Å². The van der Waals surface area contributed by atoms with Crippen LogP contribution in [-0.4, -0.2) is 19.7 Å². The molecule has 3 heterocycles. The maximum atomic E-state index is 4.75. The highest BCUT2D eigenvalue weighted by Gasteiger charge is 2.15. The fraction of sp³-hybridized carbons (Fsp3) is 0.211. The molecule has 1 aromatic carbocycles. The molecule has 0 radical (unpaired) electrons. The SMILES string of the molecule is CCn1c(SCc2csc(-c3ccsc3)n2)nnc1-c1ccccc1C. The number of rotatable bonds is 6. The molecule has 4 rings (SSSR count). The Balaban J connectivity index is 1.53. The predicted molar refractivity (Wildman–Crippen MR) is 111 cm³/mol. The van der Waals surface area contributed by atoms with Crippen molar-refractivity contribution in [3.8, 4) is 22.0 Å². The fourth-order valence-electron chi connectivity index (χ4n) is 2.73. The van der Waals surface area contributed by atoms with Crippen molar-refractivity contribution in [2.24, 2.45) is 0 Å². The fourth-order valence-corrected chi connectivity index (χ4v) is 5.27. The van der Waals surface area contributed by atoms with Crippen LogP contribution in [0.3, 0.4) is 0 Å². The van der Waals surface area contributed by atoms with Crippen LogP contribution in [0.25, 0.3) is 22.0 Å². The van der Waals surface area contributed by atoms with E-state index in [4.69, 9.17) is 4.98 Å². The van der Waals surface area contributed by atoms with Crippen molar-refractivity contribution in [3.05, 3.63) is 57.7 Å². The van der Waals surface area contributed by atoms with E-state index in [1.54, 1.807) is 34.4 Å². The van der Waals surface area contributed by atoms with Gasteiger partial charge in [-0.1, -0.05) is 36.0 Å². The quantitative estimate of drug-likeness (QED) is 0.388. The molecule has 0 saturated carbocycles. The molecule has 4 aromatic rings. The van der Waals surface area contributed by atoms with Gasteiger partial charge in [0.1, 0.15) is 5.01 Å². The number of hydrogen-bond donors (Lipinski definition) is 0. The van der Waals surface area contributed by atoms with E-state index < -0.39 is 0 Å². The maximum absolute atomic E-state index is 4.75. The van der Waals surface area contributed by atoms with Gasteiger partial charge >= 0.3 is 0 Å². The van der Waals surface area contributed by atoms with E-state index in [9.17, 15) is 0 Å². The van der Waals surface area contributed by atoms with E-state index in [0.717, 1.165) is 39.5 Å². The van der Waals surface area contributed by atoms with Gasteiger partial charge in [0.05, 0.1) is 5.69 Å². The minimum absolute atomic E-state index is 0.798. The molecule has 0 atom stereocenters. The van der Waals surface area contributed by atoms with Gasteiger partial charge in [-0.25, -0.2) is 4.98 Å². The monoisotopic (exact) mass is 398 g/mol. The molecule has 0 fully saturated rings. The normalized spacial score (nSPS) is 11.2. The molecule has 0 bridgehead atoms. The molecule has 7 heteroatoms. The average molecular weight is 399 g/mol. The van der Waals surface area contributed by atoms with Crippen molar-refractivity contribution in [1.82, 2.24) is 19.7 Å². The van der Waals surface area contributed by atoms with E-state index in [1.165, 1.54) is 11.1 Å². The second kappa shape index (κ2) is 7.73. The van der Waals surface area contributed by atoms with Crippen molar-refractivity contribution in [1.29, 1.82) is 0 Å². The van der Waals surface area contributed by atoms with Gasteiger partial charge in [0.2, 0.25) is 0 Å². The first kappa shape index (κ1) is 17.5. The third-order valence-corrected chi connectivity index (χ3v) is 6.71. The number of thioether (sulfide) groups is 1. The van der Waals surface area contributed by atoms with E-state index in [1.807, 2.05) is 6.07 Å². The second-order valence-corrected chi connectivity index (χ2v) is 8.39. The van der Waals surface area contributed by atoms with Gasteiger partial charge in [0.25, 0.3) is 0 Å². The van der Waals surface area contributed by atoms with Gasteiger partial charge in [0, 0.05) is 34.2 Å². The van der Waals surface area contributed by atoms with Gasteiger partial charge < -0.3 is 4.57 Å². The number of thiazole rings is 1. The second-order valence-electron chi connectivity index (χ2n) is 5.81. The first-order valence-corrected chi connectivity index (χ1v) is 11.2. The maximum Gasteiger partial charge on any atom is 0.191 e. The van der Waals surface area contributed by atoms with Crippen LogP contribution < -0.4 is 0 Å². The van der Waals surface area contributed by atoms with Crippen LogP contribution >= 0.6 is 34.4 Å². The number of benzene rings is 1. The van der Waals surface area contributed by atoms with Crippen LogP contribution in [0.2, 0.25) is 0 Å². The number of aromatic nitrogens is 4. The first-order chi connectivity index (χ1) is 12.8. The number of thiophene rings is 1. The van der Waals surface area contributed by atoms with Crippen molar-refractivity contribution in [3.63, 3.8) is 0 Å². The Morgan fingerprint density at radius 3 is 2.77 bits per heavy atom. The number of hydrogen-bond acceptors (Lipinski definition) is 6. The van der Waals surface area contributed by atoms with Gasteiger partial charge in [-0.15, -0.1) is 21.5 Å². The third-order valence-electron chi connectivity index (χ3n) is 4.09. The molecule has 0 aliphatic carbocycles. The highest BCUT2D eigenvalue weighted by atomic mass is 32.2. The third kappa shape index (κ3) is 3.47. The summed E-state index contributed by atoms with van der Waals surface area (Å²) in [6.45, 7) is 5.08. The minimum Gasteiger partial charge on any atom is -0.302 e. The Morgan fingerprint density at radius 2 is 2.00 bits per heavy atom. The molecule has 0 aliphatic heterocycles. The highest BCUT2D eigenvalue weighted by molar-refractivity contribution is 7.98. The summed E-state index contributed by atoms with van der Waals surface area (Å²) in [5.41, 5.74) is 4.65. The Hall–Kier alpha value is -1.96. The smallest absolute Gasteiger partial charge is 0.191 e. The molecule has 0 unspecified atom stereocenters. The zero-order chi connectivity index (χ0) is 17.9. The largest absolute Gasteiger partial charge is 0.302 e. The van der Waals surface area contributed by atoms with Crippen molar-refractivity contribution in [2.45, 2.75) is 31.3 Å². The lowest BCUT2D eigenvalue weighted by Gasteiger charge is -2.08. The lowest BCUT2D eigenvalue weighted by atomic mass is 10.1.